The number of benzene rings is 1. The van der Waals surface area contributed by atoms with E-state index in [-0.39, 0.29) is 15.2 Å². The predicted octanol–water partition coefficient (Wildman–Crippen LogP) is 0.504. The molecule has 2 amide bonds. The van der Waals surface area contributed by atoms with Gasteiger partial charge in [-0.05, 0) is 51.4 Å². The lowest BCUT2D eigenvalue weighted by Crippen LogP contribution is -2.76. The lowest BCUT2D eigenvalue weighted by atomic mass is 9.84. The van der Waals surface area contributed by atoms with Crippen molar-refractivity contribution in [3.63, 3.8) is 0 Å². The van der Waals surface area contributed by atoms with Gasteiger partial charge in [0.2, 0.25) is 6.20 Å². The molecule has 0 aliphatic carbocycles. The summed E-state index contributed by atoms with van der Waals surface area (Å²) in [6.07, 6.45) is 4.77. The highest BCUT2D eigenvalue weighted by Gasteiger charge is 2.58. The number of carboxylic acid groups (broad SMARTS) is 1. The van der Waals surface area contributed by atoms with Crippen LogP contribution >= 0.6 is 22.9 Å². The lowest BCUT2D eigenvalue weighted by Gasteiger charge is -2.50. The molecule has 1 saturated heterocycles. The number of hydrogen-bond acceptors (Lipinski definition) is 13. The molecule has 0 bridgehead atoms. The van der Waals surface area contributed by atoms with Crippen molar-refractivity contribution < 1.29 is 51.0 Å². The van der Waals surface area contributed by atoms with Crippen LogP contribution in [0, 0.1) is 0 Å². The van der Waals surface area contributed by atoms with Gasteiger partial charge in [0.05, 0.1) is 23.8 Å². The fourth-order valence-corrected chi connectivity index (χ4v) is 5.88. The number of ether oxygens (including phenoxy) is 1. The minimum absolute atomic E-state index is 0.0584. The van der Waals surface area contributed by atoms with E-state index in [0.29, 0.717) is 17.4 Å². The molecule has 18 nitrogen and oxygen atoms in total. The van der Waals surface area contributed by atoms with E-state index in [2.05, 4.69) is 19.7 Å². The van der Waals surface area contributed by atoms with Gasteiger partial charge in [0.1, 0.15) is 28.4 Å². The van der Waals surface area contributed by atoms with Gasteiger partial charge in [-0.1, -0.05) is 40.2 Å². The zero-order chi connectivity index (χ0) is 35.6. The number of carbonyl (C=O) groups excluding carboxylic acids is 2. The number of aromatic nitrogens is 3. The number of halogens is 1. The largest absolute Gasteiger partial charge is 0.489 e. The van der Waals surface area contributed by atoms with Gasteiger partial charge in [0.25, 0.3) is 17.4 Å². The number of oxime groups is 1. The van der Waals surface area contributed by atoms with E-state index >= 15 is 0 Å². The van der Waals surface area contributed by atoms with E-state index < -0.39 is 57.7 Å². The van der Waals surface area contributed by atoms with Crippen molar-refractivity contribution in [2.24, 2.45) is 17.9 Å². The maximum Gasteiger partial charge on any atom is 0.418 e. The number of hydrogen-bond donors (Lipinski definition) is 5. The Hall–Kier alpha value is -4.34. The maximum absolute atomic E-state index is 13.4. The van der Waals surface area contributed by atoms with Crippen molar-refractivity contribution in [2.45, 2.75) is 50.9 Å². The number of nitrogen functional groups attached to an aromatic ring is 1. The van der Waals surface area contributed by atoms with Gasteiger partial charge in [-0.15, -0.1) is 8.97 Å². The first kappa shape index (κ1) is 36.5. The van der Waals surface area contributed by atoms with Crippen molar-refractivity contribution >= 4 is 62.0 Å². The summed E-state index contributed by atoms with van der Waals surface area (Å²) in [6.45, 7) is 4.62. The Balaban J connectivity index is 1.51. The molecule has 1 aliphatic heterocycles. The first-order valence-corrected chi connectivity index (χ1v) is 16.7. The summed E-state index contributed by atoms with van der Waals surface area (Å²) >= 11 is 7.00. The monoisotopic (exact) mass is 729 g/mol. The highest BCUT2D eigenvalue weighted by molar-refractivity contribution is 7.80. The van der Waals surface area contributed by atoms with E-state index in [1.54, 1.807) is 24.3 Å². The Kier molecular flexibility index (Phi) is 10.7. The van der Waals surface area contributed by atoms with E-state index in [1.807, 2.05) is 28.8 Å². The van der Waals surface area contributed by atoms with Crippen LogP contribution in [0.4, 0.5) is 5.13 Å². The number of aliphatic carboxylic acids is 1. The van der Waals surface area contributed by atoms with Crippen molar-refractivity contribution in [3.8, 4) is 16.9 Å². The van der Waals surface area contributed by atoms with Crippen LogP contribution in [-0.4, -0.2) is 86.6 Å². The predicted molar refractivity (Wildman–Crippen MR) is 171 cm³/mol. The van der Waals surface area contributed by atoms with Gasteiger partial charge in [0.15, 0.2) is 17.9 Å². The third kappa shape index (κ3) is 8.02. The van der Waals surface area contributed by atoms with Crippen LogP contribution in [0.15, 0.2) is 41.8 Å². The molecule has 1 fully saturated rings. The molecule has 2 unspecified atom stereocenters. The molecule has 1 aromatic carbocycles. The van der Waals surface area contributed by atoms with Crippen LogP contribution in [0.1, 0.15) is 32.9 Å². The molecule has 2 atom stereocenters. The molecule has 21 heteroatoms. The van der Waals surface area contributed by atoms with Gasteiger partial charge in [0, 0.05) is 0 Å². The molecule has 0 spiro atoms. The number of β-lactam (4-membered cyclic amide) rings is 1. The molecule has 260 valence electrons. The van der Waals surface area contributed by atoms with Gasteiger partial charge >= 0.3 is 16.4 Å². The summed E-state index contributed by atoms with van der Waals surface area (Å²) in [5, 5.41) is 16.4. The average Bonchev–Trinajstić information content (AvgIpc) is 3.55. The number of nitrogens with one attached hydrogen (secondary N) is 1. The zero-order valence-corrected chi connectivity index (χ0v) is 28.5. The molecule has 7 N–H and O–H groups in total. The van der Waals surface area contributed by atoms with Crippen LogP contribution in [0.25, 0.3) is 11.1 Å². The quantitative estimate of drug-likeness (QED) is 0.0470. The summed E-state index contributed by atoms with van der Waals surface area (Å²) in [6, 6.07) is 5.54. The number of nitrogens with zero attached hydrogens (tertiary/aromatic N) is 5. The Morgan fingerprint density at radius 1 is 1.27 bits per heavy atom. The van der Waals surface area contributed by atoms with Gasteiger partial charge in [-0.25, -0.2) is 9.78 Å². The Morgan fingerprint density at radius 2 is 1.94 bits per heavy atom. The highest BCUT2D eigenvalue weighted by Crippen LogP contribution is 2.33. The van der Waals surface area contributed by atoms with Crippen LogP contribution in [0.3, 0.4) is 0 Å². The number of carbonyl (C=O) groups is 3. The normalized spacial score (nSPS) is 17.4. The smallest absolute Gasteiger partial charge is 0.418 e. The molecule has 3 heterocycles. The van der Waals surface area contributed by atoms with Crippen LogP contribution in [-0.2, 0) is 47.5 Å². The van der Waals surface area contributed by atoms with Crippen LogP contribution in [0.2, 0.25) is 4.34 Å². The third-order valence-electron chi connectivity index (χ3n) is 7.27. The second kappa shape index (κ2) is 14.0. The summed E-state index contributed by atoms with van der Waals surface area (Å²) in [5.74, 6) is -3.30. The van der Waals surface area contributed by atoms with Gasteiger partial charge in [-0.2, -0.15) is 18.2 Å². The SMILES string of the molecule is C[n+]1cc(-c2ccc(OCC(C)(O/N=C(\C(=O)NC3C(=O)N(OS(=O)(=O)O)C3(C)C)c3nc(N)sc3Cl)C(=O)O)cc2)cn1CCCN. The number of nitrogens with two attached hydrogens (primary N) is 2. The maximum atomic E-state index is 13.4. The molecular formula is C27H34ClN8O10S2+. The van der Waals surface area contributed by atoms with E-state index in [0.717, 1.165) is 42.4 Å². The second-order valence-electron chi connectivity index (χ2n) is 11.3. The van der Waals surface area contributed by atoms with Gasteiger partial charge in [-0.3, -0.25) is 14.1 Å². The Bertz CT molecular complexity index is 1840. The molecule has 1 aliphatic rings. The molecule has 2 aromatic heterocycles. The number of thiazole rings is 1. The molecule has 0 radical (unpaired) electrons. The first-order valence-electron chi connectivity index (χ1n) is 14.1. The van der Waals surface area contributed by atoms with Crippen LogP contribution in [0.5, 0.6) is 5.75 Å². The number of hydroxylamine groups is 2. The number of anilines is 1. The second-order valence-corrected chi connectivity index (χ2v) is 14.0. The van der Waals surface area contributed by atoms with Crippen molar-refractivity contribution in [1.82, 2.24) is 20.0 Å². The number of rotatable bonds is 15. The van der Waals surface area contributed by atoms with E-state index in [1.165, 1.54) is 13.8 Å². The minimum Gasteiger partial charge on any atom is -0.489 e. The third-order valence-corrected chi connectivity index (χ3v) is 8.69. The summed E-state index contributed by atoms with van der Waals surface area (Å²) in [4.78, 5) is 47.6. The summed E-state index contributed by atoms with van der Waals surface area (Å²) < 4.78 is 45.1. The fraction of sp³-hybridized carbons (Fsp3) is 0.407. The summed E-state index contributed by atoms with van der Waals surface area (Å²) in [7, 11) is -3.12. The minimum atomic E-state index is -5.04. The number of carboxylic acids is 1. The zero-order valence-electron chi connectivity index (χ0n) is 26.1. The number of aryl methyl sites for hydroxylation is 2. The van der Waals surface area contributed by atoms with Crippen molar-refractivity contribution in [1.29, 1.82) is 0 Å². The molecule has 0 saturated carbocycles. The number of amides is 2. The fourth-order valence-electron chi connectivity index (χ4n) is 4.50. The molecule has 48 heavy (non-hydrogen) atoms. The average molecular weight is 730 g/mol. The van der Waals surface area contributed by atoms with Crippen molar-refractivity contribution in [2.75, 3.05) is 18.9 Å². The molecular weight excluding hydrogens is 696 g/mol. The summed E-state index contributed by atoms with van der Waals surface area (Å²) in [5.41, 5.74) is 8.65. The van der Waals surface area contributed by atoms with E-state index in [9.17, 15) is 27.9 Å². The van der Waals surface area contributed by atoms with E-state index in [4.69, 9.17) is 37.2 Å². The van der Waals surface area contributed by atoms with Crippen molar-refractivity contribution in [3.05, 3.63) is 46.7 Å². The van der Waals surface area contributed by atoms with Crippen LogP contribution < -0.4 is 26.2 Å². The van der Waals surface area contributed by atoms with Gasteiger partial charge < -0.3 is 31.5 Å². The Morgan fingerprint density at radius 3 is 2.48 bits per heavy atom. The molecule has 3 aromatic rings. The highest BCUT2D eigenvalue weighted by atomic mass is 35.5. The molecule has 4 rings (SSSR count). The first-order chi connectivity index (χ1) is 22.4. The lowest BCUT2D eigenvalue weighted by molar-refractivity contribution is -0.753. The Labute approximate surface area is 283 Å². The standard InChI is InChI=1S/C27H33ClN8O10S2/c1-26(2)20(23(38)36(26)46-48(41,42)43)32-22(37)19(18-21(28)47-25(30)31-18)33-45-27(3,24(39)40)14-44-17-8-6-15(7-9-17)16-12-34(4)35(13-16)11-5-10-29/h6-9,12-13,20H,5,10-11,14,29H2,1-4H3,(H4-,30,31,32,37,39,40,41,42,43)/p+1/b33-19-. The topological polar surface area (TPSA) is 255 Å².